The van der Waals surface area contributed by atoms with E-state index in [0.29, 0.717) is 12.3 Å². The van der Waals surface area contributed by atoms with Crippen LogP contribution >= 0.6 is 0 Å². The fourth-order valence-electron chi connectivity index (χ4n) is 2.65. The van der Waals surface area contributed by atoms with Crippen LogP contribution in [0.5, 0.6) is 11.5 Å². The number of ether oxygens (including phenoxy) is 2. The van der Waals surface area contributed by atoms with Gasteiger partial charge in [-0.3, -0.25) is 0 Å². The van der Waals surface area contributed by atoms with Crippen LogP contribution in [0.1, 0.15) is 13.3 Å². The third kappa shape index (κ3) is 2.86. The number of aliphatic hydroxyl groups is 1. The molecule has 6 nitrogen and oxygen atoms in total. The zero-order valence-corrected chi connectivity index (χ0v) is 13.3. The van der Waals surface area contributed by atoms with E-state index in [9.17, 15) is 13.5 Å². The fourth-order valence-corrected chi connectivity index (χ4v) is 4.55. The lowest BCUT2D eigenvalue weighted by Gasteiger charge is -2.25. The predicted octanol–water partition coefficient (Wildman–Crippen LogP) is 1.10. The van der Waals surface area contributed by atoms with E-state index < -0.39 is 16.1 Å². The van der Waals surface area contributed by atoms with Crippen molar-refractivity contribution in [1.29, 1.82) is 0 Å². The Morgan fingerprint density at radius 1 is 1.33 bits per heavy atom. The van der Waals surface area contributed by atoms with E-state index >= 15 is 0 Å². The summed E-state index contributed by atoms with van der Waals surface area (Å²) in [7, 11) is -0.834. The van der Waals surface area contributed by atoms with Crippen LogP contribution < -0.4 is 9.47 Å². The second kappa shape index (κ2) is 6.21. The van der Waals surface area contributed by atoms with Crippen LogP contribution in [0.4, 0.5) is 0 Å². The lowest BCUT2D eigenvalue weighted by Crippen LogP contribution is -2.39. The highest BCUT2D eigenvalue weighted by Crippen LogP contribution is 2.35. The minimum atomic E-state index is -3.74. The van der Waals surface area contributed by atoms with E-state index in [1.807, 2.05) is 6.92 Å². The average Bonchev–Trinajstić information content (AvgIpc) is 2.88. The zero-order valence-electron chi connectivity index (χ0n) is 12.4. The first-order valence-corrected chi connectivity index (χ1v) is 8.24. The summed E-state index contributed by atoms with van der Waals surface area (Å²) in [4.78, 5) is 0.0666. The van der Waals surface area contributed by atoms with Gasteiger partial charge in [0.05, 0.1) is 26.9 Å². The van der Waals surface area contributed by atoms with Crippen molar-refractivity contribution in [2.45, 2.75) is 24.3 Å². The van der Waals surface area contributed by atoms with Gasteiger partial charge in [0.25, 0.3) is 0 Å². The maximum absolute atomic E-state index is 12.9. The van der Waals surface area contributed by atoms with E-state index in [1.165, 1.54) is 24.6 Å². The van der Waals surface area contributed by atoms with Crippen LogP contribution in [0.25, 0.3) is 0 Å². The van der Waals surface area contributed by atoms with E-state index in [0.717, 1.165) is 6.42 Å². The Kier molecular flexibility index (Phi) is 4.75. The number of benzene rings is 1. The molecule has 0 aliphatic carbocycles. The molecule has 0 saturated carbocycles. The highest BCUT2D eigenvalue weighted by Gasteiger charge is 2.40. The van der Waals surface area contributed by atoms with Crippen molar-refractivity contribution in [3.63, 3.8) is 0 Å². The van der Waals surface area contributed by atoms with Crippen LogP contribution in [-0.2, 0) is 10.0 Å². The summed E-state index contributed by atoms with van der Waals surface area (Å²) < 4.78 is 37.4. The van der Waals surface area contributed by atoms with Gasteiger partial charge in [0.1, 0.15) is 16.4 Å². The summed E-state index contributed by atoms with van der Waals surface area (Å²) in [6, 6.07) is 4.27. The number of sulfonamides is 1. The summed E-state index contributed by atoms with van der Waals surface area (Å²) in [6.07, 6.45) is 0.733. The maximum atomic E-state index is 12.9. The van der Waals surface area contributed by atoms with E-state index in [2.05, 4.69) is 0 Å². The third-order valence-electron chi connectivity index (χ3n) is 3.98. The van der Waals surface area contributed by atoms with Gasteiger partial charge in [-0.25, -0.2) is 8.42 Å². The summed E-state index contributed by atoms with van der Waals surface area (Å²) in [6.45, 7) is 2.15. The SMILES string of the molecule is COc1ccc(OC)c(S(=O)(=O)N2CCC(C)C2CO)c1. The number of hydrogen-bond acceptors (Lipinski definition) is 5. The van der Waals surface area contributed by atoms with Crippen LogP contribution in [0.2, 0.25) is 0 Å². The van der Waals surface area contributed by atoms with Crippen LogP contribution in [0.3, 0.4) is 0 Å². The highest BCUT2D eigenvalue weighted by atomic mass is 32.2. The molecule has 2 rings (SSSR count). The van der Waals surface area contributed by atoms with E-state index in [4.69, 9.17) is 9.47 Å². The van der Waals surface area contributed by atoms with Crippen molar-refractivity contribution < 1.29 is 23.0 Å². The molecule has 1 saturated heterocycles. The quantitative estimate of drug-likeness (QED) is 0.880. The van der Waals surface area contributed by atoms with Gasteiger partial charge in [-0.2, -0.15) is 4.31 Å². The van der Waals surface area contributed by atoms with Crippen molar-refractivity contribution in [3.05, 3.63) is 18.2 Å². The molecule has 21 heavy (non-hydrogen) atoms. The molecule has 1 aromatic carbocycles. The summed E-state index contributed by atoms with van der Waals surface area (Å²) in [5.41, 5.74) is 0. The molecule has 1 heterocycles. The first kappa shape index (κ1) is 16.1. The lowest BCUT2D eigenvalue weighted by atomic mass is 10.0. The molecule has 2 unspecified atom stereocenters. The molecule has 1 aliphatic heterocycles. The van der Waals surface area contributed by atoms with Crippen molar-refractivity contribution in [1.82, 2.24) is 4.31 Å². The first-order chi connectivity index (χ1) is 9.95. The molecule has 1 aliphatic rings. The molecule has 0 amide bonds. The Bertz CT molecular complexity index is 601. The summed E-state index contributed by atoms with van der Waals surface area (Å²) in [5.74, 6) is 0.843. The standard InChI is InChI=1S/C14H21NO5S/c1-10-6-7-15(12(10)9-16)21(17,18)14-8-11(19-2)4-5-13(14)20-3/h4-5,8,10,12,16H,6-7,9H2,1-3H3. The molecule has 1 N–H and O–H groups in total. The average molecular weight is 315 g/mol. The van der Waals surface area contributed by atoms with Crippen molar-refractivity contribution >= 4 is 10.0 Å². The topological polar surface area (TPSA) is 76.1 Å². The van der Waals surface area contributed by atoms with Gasteiger partial charge in [-0.15, -0.1) is 0 Å². The summed E-state index contributed by atoms with van der Waals surface area (Å²) >= 11 is 0. The van der Waals surface area contributed by atoms with Crippen molar-refractivity contribution in [2.24, 2.45) is 5.92 Å². The van der Waals surface area contributed by atoms with Crippen LogP contribution in [0.15, 0.2) is 23.1 Å². The molecule has 1 aromatic rings. The molecule has 118 valence electrons. The molecule has 0 spiro atoms. The number of nitrogens with zero attached hydrogens (tertiary/aromatic N) is 1. The minimum absolute atomic E-state index is 0.0666. The van der Waals surface area contributed by atoms with E-state index in [1.54, 1.807) is 12.1 Å². The second-order valence-electron chi connectivity index (χ2n) is 5.15. The normalized spacial score (nSPS) is 23.2. The summed E-state index contributed by atoms with van der Waals surface area (Å²) in [5, 5.41) is 9.48. The Morgan fingerprint density at radius 3 is 2.62 bits per heavy atom. The molecule has 0 aromatic heterocycles. The predicted molar refractivity (Wildman–Crippen MR) is 78.1 cm³/mol. The van der Waals surface area contributed by atoms with Crippen LogP contribution in [-0.4, -0.2) is 51.2 Å². The fraction of sp³-hybridized carbons (Fsp3) is 0.571. The van der Waals surface area contributed by atoms with Gasteiger partial charge < -0.3 is 14.6 Å². The molecule has 0 radical (unpaired) electrons. The Hall–Kier alpha value is -1.31. The Morgan fingerprint density at radius 2 is 2.05 bits per heavy atom. The minimum Gasteiger partial charge on any atom is -0.497 e. The monoisotopic (exact) mass is 315 g/mol. The van der Waals surface area contributed by atoms with Crippen molar-refractivity contribution in [2.75, 3.05) is 27.4 Å². The van der Waals surface area contributed by atoms with Gasteiger partial charge in [0.2, 0.25) is 10.0 Å². The maximum Gasteiger partial charge on any atom is 0.247 e. The first-order valence-electron chi connectivity index (χ1n) is 6.80. The Labute approximate surface area is 125 Å². The molecule has 1 fully saturated rings. The highest BCUT2D eigenvalue weighted by molar-refractivity contribution is 7.89. The zero-order chi connectivity index (χ0) is 15.6. The number of aliphatic hydroxyl groups excluding tert-OH is 1. The largest absolute Gasteiger partial charge is 0.497 e. The van der Waals surface area contributed by atoms with Gasteiger partial charge in [-0.05, 0) is 24.5 Å². The number of hydrogen-bond donors (Lipinski definition) is 1. The molecule has 0 bridgehead atoms. The van der Waals surface area contributed by atoms with E-state index in [-0.39, 0.29) is 23.2 Å². The Balaban J connectivity index is 2.48. The molecular formula is C14H21NO5S. The second-order valence-corrected chi connectivity index (χ2v) is 7.01. The molecule has 2 atom stereocenters. The molecule has 7 heteroatoms. The smallest absolute Gasteiger partial charge is 0.247 e. The number of methoxy groups -OCH3 is 2. The van der Waals surface area contributed by atoms with Gasteiger partial charge in [0, 0.05) is 12.6 Å². The van der Waals surface area contributed by atoms with Crippen LogP contribution in [0, 0.1) is 5.92 Å². The number of rotatable bonds is 5. The van der Waals surface area contributed by atoms with Crippen molar-refractivity contribution in [3.8, 4) is 11.5 Å². The lowest BCUT2D eigenvalue weighted by molar-refractivity contribution is 0.191. The van der Waals surface area contributed by atoms with Gasteiger partial charge in [-0.1, -0.05) is 6.92 Å². The molecular weight excluding hydrogens is 294 g/mol. The van der Waals surface area contributed by atoms with Gasteiger partial charge in [0.15, 0.2) is 0 Å². The third-order valence-corrected chi connectivity index (χ3v) is 5.92. The van der Waals surface area contributed by atoms with Gasteiger partial charge >= 0.3 is 0 Å².